The molecule has 0 aromatic heterocycles. The molecule has 0 bridgehead atoms. The second kappa shape index (κ2) is 7.80. The zero-order valence-corrected chi connectivity index (χ0v) is 12.5. The van der Waals surface area contributed by atoms with Gasteiger partial charge in [0.15, 0.2) is 0 Å². The Labute approximate surface area is 126 Å². The van der Waals surface area contributed by atoms with Crippen LogP contribution in [0.25, 0.3) is 0 Å². The third-order valence-corrected chi connectivity index (χ3v) is 4.07. The molecule has 0 unspecified atom stereocenters. The molecule has 0 radical (unpaired) electrons. The molecule has 2 rings (SSSR count). The van der Waals surface area contributed by atoms with Gasteiger partial charge in [0.05, 0.1) is 24.2 Å². The van der Waals surface area contributed by atoms with E-state index >= 15 is 0 Å². The van der Waals surface area contributed by atoms with Gasteiger partial charge >= 0.3 is 5.97 Å². The summed E-state index contributed by atoms with van der Waals surface area (Å²) in [5.74, 6) is 0.0140. The predicted molar refractivity (Wildman–Crippen MR) is 80.4 cm³/mol. The average Bonchev–Trinajstić information content (AvgIpc) is 2.54. The highest BCUT2D eigenvalue weighted by Gasteiger charge is 2.26. The Morgan fingerprint density at radius 1 is 1.33 bits per heavy atom. The van der Waals surface area contributed by atoms with Crippen molar-refractivity contribution in [1.82, 2.24) is 5.32 Å². The molecule has 1 N–H and O–H groups in total. The van der Waals surface area contributed by atoms with Crippen LogP contribution in [0, 0.1) is 17.2 Å². The Kier molecular flexibility index (Phi) is 5.77. The molecule has 0 spiro atoms. The fourth-order valence-corrected chi connectivity index (χ4v) is 2.83. The molecule has 1 aromatic carbocycles. The van der Waals surface area contributed by atoms with E-state index in [1.54, 1.807) is 0 Å². The number of ether oxygens (including phenoxy) is 1. The van der Waals surface area contributed by atoms with Gasteiger partial charge < -0.3 is 10.1 Å². The Morgan fingerprint density at radius 2 is 2.05 bits per heavy atom. The molecule has 4 nitrogen and oxygen atoms in total. The van der Waals surface area contributed by atoms with Gasteiger partial charge in [-0.25, -0.2) is 0 Å². The normalized spacial score (nSPS) is 21.5. The minimum atomic E-state index is -0.0502. The van der Waals surface area contributed by atoms with Crippen LogP contribution in [0.15, 0.2) is 24.3 Å². The molecule has 1 aromatic rings. The van der Waals surface area contributed by atoms with Gasteiger partial charge in [-0.2, -0.15) is 5.26 Å². The smallest absolute Gasteiger partial charge is 0.308 e. The second-order valence-electron chi connectivity index (χ2n) is 5.45. The molecule has 0 heterocycles. The molecule has 1 saturated carbocycles. The standard InChI is InChI=1S/C17H22N2O2/c1-2-21-17(20)13-7-9-16(10-8-13)19-12-15-6-4-3-5-14(15)11-18/h3-6,13,16,19H,2,7-10,12H2,1H3. The fraction of sp³-hybridized carbons (Fsp3) is 0.529. The molecular weight excluding hydrogens is 264 g/mol. The van der Waals surface area contributed by atoms with Crippen LogP contribution in [0.4, 0.5) is 0 Å². The van der Waals surface area contributed by atoms with Crippen molar-refractivity contribution in [3.63, 3.8) is 0 Å². The van der Waals surface area contributed by atoms with Gasteiger partial charge in [-0.15, -0.1) is 0 Å². The first-order valence-corrected chi connectivity index (χ1v) is 7.62. The molecule has 1 aliphatic rings. The fourth-order valence-electron chi connectivity index (χ4n) is 2.83. The van der Waals surface area contributed by atoms with Crippen LogP contribution in [-0.4, -0.2) is 18.6 Å². The summed E-state index contributed by atoms with van der Waals surface area (Å²) in [4.78, 5) is 11.7. The summed E-state index contributed by atoms with van der Waals surface area (Å²) in [6.07, 6.45) is 3.74. The Bertz CT molecular complexity index is 514. The van der Waals surface area contributed by atoms with Gasteiger partial charge in [0.1, 0.15) is 0 Å². The van der Waals surface area contributed by atoms with Gasteiger partial charge in [0, 0.05) is 12.6 Å². The van der Waals surface area contributed by atoms with Crippen LogP contribution < -0.4 is 5.32 Å². The summed E-state index contributed by atoms with van der Waals surface area (Å²) in [6, 6.07) is 10.3. The number of esters is 1. The van der Waals surface area contributed by atoms with Crippen molar-refractivity contribution in [1.29, 1.82) is 5.26 Å². The summed E-state index contributed by atoms with van der Waals surface area (Å²) in [6.45, 7) is 3.01. The minimum absolute atomic E-state index is 0.0502. The first-order chi connectivity index (χ1) is 10.2. The van der Waals surface area contributed by atoms with Crippen LogP contribution in [0.3, 0.4) is 0 Å². The van der Waals surface area contributed by atoms with Crippen LogP contribution >= 0.6 is 0 Å². The third kappa shape index (κ3) is 4.30. The van der Waals surface area contributed by atoms with Crippen molar-refractivity contribution in [3.05, 3.63) is 35.4 Å². The molecular formula is C17H22N2O2. The first kappa shape index (κ1) is 15.5. The summed E-state index contributed by atoms with van der Waals surface area (Å²) in [5, 5.41) is 12.6. The number of nitriles is 1. The average molecular weight is 286 g/mol. The van der Waals surface area contributed by atoms with Gasteiger partial charge in [-0.05, 0) is 44.2 Å². The van der Waals surface area contributed by atoms with E-state index in [-0.39, 0.29) is 11.9 Å². The molecule has 112 valence electrons. The third-order valence-electron chi connectivity index (χ3n) is 4.07. The summed E-state index contributed by atoms with van der Waals surface area (Å²) >= 11 is 0. The van der Waals surface area contributed by atoms with Gasteiger partial charge in [0.2, 0.25) is 0 Å². The highest BCUT2D eigenvalue weighted by atomic mass is 16.5. The lowest BCUT2D eigenvalue weighted by molar-refractivity contribution is -0.149. The van der Waals surface area contributed by atoms with E-state index in [1.807, 2.05) is 31.2 Å². The van der Waals surface area contributed by atoms with Crippen molar-refractivity contribution >= 4 is 5.97 Å². The lowest BCUT2D eigenvalue weighted by atomic mass is 9.86. The van der Waals surface area contributed by atoms with E-state index in [0.29, 0.717) is 19.2 Å². The summed E-state index contributed by atoms with van der Waals surface area (Å²) in [7, 11) is 0. The largest absolute Gasteiger partial charge is 0.466 e. The molecule has 1 aliphatic carbocycles. The van der Waals surface area contributed by atoms with Crippen molar-refractivity contribution in [2.45, 2.75) is 45.2 Å². The van der Waals surface area contributed by atoms with Crippen molar-refractivity contribution in [2.24, 2.45) is 5.92 Å². The lowest BCUT2D eigenvalue weighted by Crippen LogP contribution is -2.35. The van der Waals surface area contributed by atoms with E-state index in [2.05, 4.69) is 11.4 Å². The lowest BCUT2D eigenvalue weighted by Gasteiger charge is -2.28. The zero-order chi connectivity index (χ0) is 15.1. The van der Waals surface area contributed by atoms with Crippen molar-refractivity contribution in [2.75, 3.05) is 6.61 Å². The molecule has 0 aliphatic heterocycles. The number of nitrogens with zero attached hydrogens (tertiary/aromatic N) is 1. The van der Waals surface area contributed by atoms with Crippen LogP contribution in [-0.2, 0) is 16.1 Å². The number of nitrogens with one attached hydrogen (secondary N) is 1. The summed E-state index contributed by atoms with van der Waals surface area (Å²) in [5.41, 5.74) is 1.76. The number of rotatable bonds is 5. The van der Waals surface area contributed by atoms with E-state index in [1.165, 1.54) is 0 Å². The Balaban J connectivity index is 1.79. The Hall–Kier alpha value is -1.86. The van der Waals surface area contributed by atoms with Gasteiger partial charge in [-0.1, -0.05) is 18.2 Å². The summed E-state index contributed by atoms with van der Waals surface area (Å²) < 4.78 is 5.08. The van der Waals surface area contributed by atoms with E-state index in [9.17, 15) is 4.79 Å². The maximum atomic E-state index is 11.7. The van der Waals surface area contributed by atoms with Crippen molar-refractivity contribution < 1.29 is 9.53 Å². The molecule has 21 heavy (non-hydrogen) atoms. The predicted octanol–water partition coefficient (Wildman–Crippen LogP) is 2.77. The highest BCUT2D eigenvalue weighted by molar-refractivity contribution is 5.72. The quantitative estimate of drug-likeness (QED) is 0.845. The van der Waals surface area contributed by atoms with Gasteiger partial charge in [-0.3, -0.25) is 4.79 Å². The monoisotopic (exact) mass is 286 g/mol. The number of carbonyl (C=O) groups excluding carboxylic acids is 1. The van der Waals surface area contributed by atoms with Crippen LogP contribution in [0.2, 0.25) is 0 Å². The SMILES string of the molecule is CCOC(=O)C1CCC(NCc2ccccc2C#N)CC1. The van der Waals surface area contributed by atoms with Crippen molar-refractivity contribution in [3.8, 4) is 6.07 Å². The molecule has 1 fully saturated rings. The van der Waals surface area contributed by atoms with Crippen LogP contribution in [0.5, 0.6) is 0 Å². The van der Waals surface area contributed by atoms with E-state index in [0.717, 1.165) is 36.8 Å². The first-order valence-electron chi connectivity index (χ1n) is 7.62. The molecule has 4 heteroatoms. The second-order valence-corrected chi connectivity index (χ2v) is 5.45. The van der Waals surface area contributed by atoms with E-state index in [4.69, 9.17) is 10.00 Å². The minimum Gasteiger partial charge on any atom is -0.466 e. The number of carbonyl (C=O) groups is 1. The van der Waals surface area contributed by atoms with Gasteiger partial charge in [0.25, 0.3) is 0 Å². The number of benzene rings is 1. The zero-order valence-electron chi connectivity index (χ0n) is 12.5. The van der Waals surface area contributed by atoms with Crippen LogP contribution in [0.1, 0.15) is 43.7 Å². The number of hydrogen-bond donors (Lipinski definition) is 1. The molecule has 0 atom stereocenters. The topological polar surface area (TPSA) is 62.1 Å². The maximum Gasteiger partial charge on any atom is 0.308 e. The molecule has 0 saturated heterocycles. The molecule has 0 amide bonds. The Morgan fingerprint density at radius 3 is 2.71 bits per heavy atom. The maximum absolute atomic E-state index is 11.7. The number of hydrogen-bond acceptors (Lipinski definition) is 4. The van der Waals surface area contributed by atoms with E-state index < -0.39 is 0 Å². The highest BCUT2D eigenvalue weighted by Crippen LogP contribution is 2.25.